The van der Waals surface area contributed by atoms with Gasteiger partial charge in [0.25, 0.3) is 0 Å². The van der Waals surface area contributed by atoms with Gasteiger partial charge in [-0.25, -0.2) is 24.9 Å². The molecule has 8 aromatic carbocycles. The summed E-state index contributed by atoms with van der Waals surface area (Å²) in [5.41, 5.74) is 11.3. The average Bonchev–Trinajstić information content (AvgIpc) is 3.97. The summed E-state index contributed by atoms with van der Waals surface area (Å²) in [5, 5.41) is 3.65. The topological polar surface area (TPSA) is 64.5 Å². The van der Waals surface area contributed by atoms with Crippen molar-refractivity contribution in [1.29, 1.82) is 0 Å². The second-order valence-electron chi connectivity index (χ2n) is 15.7. The highest BCUT2D eigenvalue weighted by molar-refractivity contribution is 7.26. The fourth-order valence-corrected chi connectivity index (χ4v) is 10.5. The maximum atomic E-state index is 5.23. The summed E-state index contributed by atoms with van der Waals surface area (Å²) in [6, 6.07) is 71.0. The average molecular weight is 882 g/mol. The van der Waals surface area contributed by atoms with Gasteiger partial charge in [-0.2, -0.15) is 0 Å². The molecular formula is C59H39N5S2. The molecule has 0 radical (unpaired) electrons. The van der Waals surface area contributed by atoms with Crippen LogP contribution in [0.5, 0.6) is 0 Å². The van der Waals surface area contributed by atoms with Gasteiger partial charge in [0.15, 0.2) is 23.3 Å². The Bertz CT molecular complexity index is 3660. The molecule has 12 rings (SSSR count). The van der Waals surface area contributed by atoms with Crippen molar-refractivity contribution in [2.75, 3.05) is 0 Å². The molecule has 0 fully saturated rings. The van der Waals surface area contributed by atoms with E-state index in [1.54, 1.807) is 17.4 Å². The molecular weight excluding hydrogens is 843 g/mol. The number of aromatic nitrogens is 5. The van der Waals surface area contributed by atoms with E-state index in [1.165, 1.54) is 30.4 Å². The van der Waals surface area contributed by atoms with Gasteiger partial charge in [0.05, 0.1) is 15.9 Å². The Morgan fingerprint density at radius 2 is 0.894 bits per heavy atom. The van der Waals surface area contributed by atoms with E-state index in [4.69, 9.17) is 24.9 Å². The van der Waals surface area contributed by atoms with Gasteiger partial charge in [0.2, 0.25) is 0 Å². The lowest BCUT2D eigenvalue weighted by molar-refractivity contribution is 1.07. The van der Waals surface area contributed by atoms with Crippen LogP contribution >= 0.6 is 22.7 Å². The zero-order chi connectivity index (χ0) is 44.4. The van der Waals surface area contributed by atoms with E-state index >= 15 is 0 Å². The molecule has 0 aliphatic rings. The van der Waals surface area contributed by atoms with Crippen LogP contribution in [-0.4, -0.2) is 24.9 Å². The van der Waals surface area contributed by atoms with Crippen LogP contribution in [0.2, 0.25) is 0 Å². The molecule has 0 aliphatic heterocycles. The molecule has 5 nitrogen and oxygen atoms in total. The third kappa shape index (κ3) is 7.87. The fourth-order valence-electron chi connectivity index (χ4n) is 8.22. The van der Waals surface area contributed by atoms with Crippen LogP contribution in [0.1, 0.15) is 5.56 Å². The number of thiophene rings is 2. The highest BCUT2D eigenvalue weighted by atomic mass is 32.1. The summed E-state index contributed by atoms with van der Waals surface area (Å²) in [7, 11) is 0. The Balaban J connectivity index is 0.000000429. The number of allylic oxidation sites excluding steroid dienone is 2. The SMILES string of the molecule is C=CC(=C)c1ccccc1.c1ccc(-c2nc(-c3ccccc3)nc(-c3ccc(-c4cccc5sc6cc(-c7nc(-c8ccccc8)nc8c7sc7ccccc78)ccc6c45)cc3)n2)cc1. The van der Waals surface area contributed by atoms with Crippen LogP contribution in [0.4, 0.5) is 0 Å². The fraction of sp³-hybridized carbons (Fsp3) is 0. The van der Waals surface area contributed by atoms with Crippen molar-refractivity contribution in [2.24, 2.45) is 0 Å². The molecule has 7 heteroatoms. The highest BCUT2D eigenvalue weighted by Crippen LogP contribution is 2.44. The van der Waals surface area contributed by atoms with E-state index in [0.29, 0.717) is 17.5 Å². The lowest BCUT2D eigenvalue weighted by atomic mass is 9.97. The minimum absolute atomic E-state index is 0.642. The van der Waals surface area contributed by atoms with Crippen molar-refractivity contribution in [2.45, 2.75) is 0 Å². The molecule has 0 spiro atoms. The molecule has 0 saturated carbocycles. The molecule has 0 atom stereocenters. The van der Waals surface area contributed by atoms with E-state index in [-0.39, 0.29) is 0 Å². The Morgan fingerprint density at radius 1 is 0.394 bits per heavy atom. The Kier molecular flexibility index (Phi) is 10.9. The lowest BCUT2D eigenvalue weighted by Gasteiger charge is -2.10. The van der Waals surface area contributed by atoms with Gasteiger partial charge in [-0.1, -0.05) is 207 Å². The summed E-state index contributed by atoms with van der Waals surface area (Å²) in [6.07, 6.45) is 1.76. The molecule has 0 aliphatic carbocycles. The largest absolute Gasteiger partial charge is 0.226 e. The number of hydrogen-bond acceptors (Lipinski definition) is 7. The van der Waals surface area contributed by atoms with Crippen molar-refractivity contribution in [3.63, 3.8) is 0 Å². The van der Waals surface area contributed by atoms with Crippen LogP contribution in [0, 0.1) is 0 Å². The first-order chi connectivity index (χ1) is 32.6. The summed E-state index contributed by atoms with van der Waals surface area (Å²) < 4.78 is 4.79. The Morgan fingerprint density at radius 3 is 1.50 bits per heavy atom. The molecule has 4 heterocycles. The van der Waals surface area contributed by atoms with Gasteiger partial charge >= 0.3 is 0 Å². The second-order valence-corrected chi connectivity index (χ2v) is 17.9. The first-order valence-corrected chi connectivity index (χ1v) is 23.3. The molecule has 12 aromatic rings. The second kappa shape index (κ2) is 17.7. The maximum absolute atomic E-state index is 5.23. The molecule has 4 aromatic heterocycles. The van der Waals surface area contributed by atoms with Gasteiger partial charge in [0.1, 0.15) is 0 Å². The van der Waals surface area contributed by atoms with Gasteiger partial charge in [-0.15, -0.1) is 22.7 Å². The van der Waals surface area contributed by atoms with E-state index in [0.717, 1.165) is 71.6 Å². The van der Waals surface area contributed by atoms with E-state index in [1.807, 2.05) is 121 Å². The van der Waals surface area contributed by atoms with Gasteiger partial charge < -0.3 is 0 Å². The predicted octanol–water partition coefficient (Wildman–Crippen LogP) is 16.3. The number of nitrogens with zero attached hydrogens (tertiary/aromatic N) is 5. The van der Waals surface area contributed by atoms with Crippen LogP contribution in [0.15, 0.2) is 225 Å². The number of rotatable bonds is 8. The van der Waals surface area contributed by atoms with Gasteiger partial charge in [-0.05, 0) is 40.5 Å². The summed E-state index contributed by atoms with van der Waals surface area (Å²) in [4.78, 5) is 25.1. The number of hydrogen-bond donors (Lipinski definition) is 0. The minimum atomic E-state index is 0.642. The van der Waals surface area contributed by atoms with Crippen molar-refractivity contribution < 1.29 is 0 Å². The van der Waals surface area contributed by atoms with E-state index in [9.17, 15) is 0 Å². The Hall–Kier alpha value is -8.23. The normalized spacial score (nSPS) is 11.2. The number of benzene rings is 8. The maximum Gasteiger partial charge on any atom is 0.164 e. The molecule has 0 amide bonds. The van der Waals surface area contributed by atoms with Crippen LogP contribution in [0.25, 0.3) is 114 Å². The van der Waals surface area contributed by atoms with Crippen molar-refractivity contribution in [3.05, 3.63) is 231 Å². The van der Waals surface area contributed by atoms with Crippen LogP contribution in [0.3, 0.4) is 0 Å². The minimum Gasteiger partial charge on any atom is -0.226 e. The van der Waals surface area contributed by atoms with Gasteiger partial charge in [-0.3, -0.25) is 0 Å². The zero-order valence-electron chi connectivity index (χ0n) is 35.7. The third-order valence-corrected chi connectivity index (χ3v) is 13.9. The Labute approximate surface area is 390 Å². The highest BCUT2D eigenvalue weighted by Gasteiger charge is 2.19. The monoisotopic (exact) mass is 881 g/mol. The molecule has 66 heavy (non-hydrogen) atoms. The standard InChI is InChI=1S/C49H29N5S2.C10H10/c1-4-13-31(14-5-1)46-50-43(45-44(51-46)38-19-10-11-21-39(38)56-45)35-27-28-37-41(29-35)55-40-22-12-20-36(42(37)40)30-23-25-34(26-24-30)49-53-47(32-15-6-2-7-16-32)52-48(54-49)33-17-8-3-9-18-33;1-3-9(2)10-7-5-4-6-8-10/h1-29H;3-8H,1-2H2. The van der Waals surface area contributed by atoms with Crippen molar-refractivity contribution in [1.82, 2.24) is 24.9 Å². The summed E-state index contributed by atoms with van der Waals surface area (Å²) in [5.74, 6) is 2.69. The third-order valence-electron chi connectivity index (χ3n) is 11.6. The van der Waals surface area contributed by atoms with E-state index < -0.39 is 0 Å². The van der Waals surface area contributed by atoms with Crippen molar-refractivity contribution in [3.8, 4) is 67.9 Å². The summed E-state index contributed by atoms with van der Waals surface area (Å²) >= 11 is 3.58. The molecule has 0 N–H and O–H groups in total. The summed E-state index contributed by atoms with van der Waals surface area (Å²) in [6.45, 7) is 7.46. The zero-order valence-corrected chi connectivity index (χ0v) is 37.3. The van der Waals surface area contributed by atoms with E-state index in [2.05, 4.69) is 110 Å². The first kappa shape index (κ1) is 40.5. The molecule has 0 unspecified atom stereocenters. The molecule has 0 bridgehead atoms. The van der Waals surface area contributed by atoms with Crippen molar-refractivity contribution >= 4 is 68.7 Å². The first-order valence-electron chi connectivity index (χ1n) is 21.6. The quantitative estimate of drug-likeness (QED) is 0.142. The van der Waals surface area contributed by atoms with Crippen LogP contribution in [-0.2, 0) is 0 Å². The van der Waals surface area contributed by atoms with Gasteiger partial charge in [0, 0.05) is 58.1 Å². The smallest absolute Gasteiger partial charge is 0.164 e. The number of fused-ring (bicyclic) bond motifs is 6. The molecule has 312 valence electrons. The lowest BCUT2D eigenvalue weighted by Crippen LogP contribution is -2.00. The molecule has 0 saturated heterocycles. The predicted molar refractivity (Wildman–Crippen MR) is 279 cm³/mol. The van der Waals surface area contributed by atoms with Crippen LogP contribution < -0.4 is 0 Å².